The van der Waals surface area contributed by atoms with Crippen molar-refractivity contribution in [1.82, 2.24) is 24.9 Å². The molecule has 3 aromatic rings. The number of hydrogen-bond acceptors (Lipinski definition) is 5. The number of carbonyl (C=O) groups excluding carboxylic acids is 1. The summed E-state index contributed by atoms with van der Waals surface area (Å²) < 4.78 is 1.57. The lowest BCUT2D eigenvalue weighted by molar-refractivity contribution is -0.139. The second kappa shape index (κ2) is 5.37. The van der Waals surface area contributed by atoms with E-state index in [-0.39, 0.29) is 6.42 Å². The molecule has 21 heavy (non-hydrogen) atoms. The maximum absolute atomic E-state index is 12.2. The molecular weight excluding hydrogens is 294 g/mol. The van der Waals surface area contributed by atoms with Gasteiger partial charge in [0.15, 0.2) is 0 Å². The molecular formula is C12H11N5O3S. The lowest BCUT2D eigenvalue weighted by Gasteiger charge is -2.12. The molecule has 1 atom stereocenters. The second-order valence-electron chi connectivity index (χ2n) is 4.36. The van der Waals surface area contributed by atoms with Crippen LogP contribution in [-0.2, 0) is 11.2 Å². The van der Waals surface area contributed by atoms with E-state index in [2.05, 4.69) is 20.4 Å². The Hall–Kier alpha value is -2.68. The first kappa shape index (κ1) is 13.3. The van der Waals surface area contributed by atoms with Crippen molar-refractivity contribution in [2.75, 3.05) is 0 Å². The molecule has 0 unspecified atom stereocenters. The van der Waals surface area contributed by atoms with E-state index in [1.165, 1.54) is 30.1 Å². The van der Waals surface area contributed by atoms with Gasteiger partial charge in [-0.2, -0.15) is 5.10 Å². The first-order valence-corrected chi connectivity index (χ1v) is 6.95. The van der Waals surface area contributed by atoms with E-state index in [9.17, 15) is 14.7 Å². The molecule has 108 valence electrons. The molecule has 0 radical (unpaired) electrons. The molecule has 3 aromatic heterocycles. The topological polar surface area (TPSA) is 112 Å². The molecule has 0 aromatic carbocycles. The number of aromatic nitrogens is 4. The van der Waals surface area contributed by atoms with Crippen LogP contribution in [0, 0.1) is 0 Å². The lowest BCUT2D eigenvalue weighted by Crippen LogP contribution is -2.42. The Labute approximate surface area is 122 Å². The third-order valence-electron chi connectivity index (χ3n) is 2.96. The van der Waals surface area contributed by atoms with E-state index in [4.69, 9.17) is 0 Å². The fourth-order valence-corrected chi connectivity index (χ4v) is 2.73. The molecule has 0 fully saturated rings. The van der Waals surface area contributed by atoms with Crippen molar-refractivity contribution in [2.45, 2.75) is 12.5 Å². The van der Waals surface area contributed by atoms with Crippen molar-refractivity contribution in [3.63, 3.8) is 0 Å². The van der Waals surface area contributed by atoms with E-state index in [1.807, 2.05) is 0 Å². The van der Waals surface area contributed by atoms with Gasteiger partial charge < -0.3 is 15.4 Å². The average molecular weight is 305 g/mol. The van der Waals surface area contributed by atoms with Crippen LogP contribution in [0.2, 0.25) is 0 Å². The smallest absolute Gasteiger partial charge is 0.326 e. The van der Waals surface area contributed by atoms with Gasteiger partial charge in [-0.1, -0.05) is 0 Å². The third-order valence-corrected chi connectivity index (χ3v) is 3.85. The first-order valence-electron chi connectivity index (χ1n) is 6.07. The molecule has 9 heteroatoms. The van der Waals surface area contributed by atoms with Crippen LogP contribution in [0.15, 0.2) is 30.3 Å². The Morgan fingerprint density at radius 3 is 3.05 bits per heavy atom. The minimum atomic E-state index is -1.10. The van der Waals surface area contributed by atoms with Crippen molar-refractivity contribution >= 4 is 28.0 Å². The van der Waals surface area contributed by atoms with E-state index >= 15 is 0 Å². The number of thiazole rings is 1. The number of carboxylic acids is 1. The molecule has 0 spiro atoms. The summed E-state index contributed by atoms with van der Waals surface area (Å²) in [5, 5.41) is 17.6. The molecule has 3 rings (SSSR count). The summed E-state index contributed by atoms with van der Waals surface area (Å²) in [7, 11) is 0. The number of carbonyl (C=O) groups is 2. The Bertz CT molecular complexity index is 776. The van der Waals surface area contributed by atoms with Crippen molar-refractivity contribution in [3.05, 3.63) is 41.6 Å². The summed E-state index contributed by atoms with van der Waals surface area (Å²) in [6.45, 7) is 0. The first-order chi connectivity index (χ1) is 10.1. The second-order valence-corrected chi connectivity index (χ2v) is 5.25. The Morgan fingerprint density at radius 1 is 1.48 bits per heavy atom. The molecule has 0 aliphatic heterocycles. The van der Waals surface area contributed by atoms with E-state index < -0.39 is 17.9 Å². The molecule has 0 saturated carbocycles. The van der Waals surface area contributed by atoms with Gasteiger partial charge in [0.1, 0.15) is 10.9 Å². The highest BCUT2D eigenvalue weighted by Crippen LogP contribution is 2.16. The van der Waals surface area contributed by atoms with Crippen LogP contribution in [0.25, 0.3) is 4.83 Å². The highest BCUT2D eigenvalue weighted by Gasteiger charge is 2.23. The summed E-state index contributed by atoms with van der Waals surface area (Å²) in [5.41, 5.74) is 1.000. The molecule has 0 aliphatic carbocycles. The van der Waals surface area contributed by atoms with Gasteiger partial charge >= 0.3 is 5.97 Å². The molecule has 8 nitrogen and oxygen atoms in total. The van der Waals surface area contributed by atoms with Crippen molar-refractivity contribution in [3.8, 4) is 0 Å². The fraction of sp³-hybridized carbons (Fsp3) is 0.167. The van der Waals surface area contributed by atoms with Gasteiger partial charge in [0.05, 0.1) is 18.1 Å². The van der Waals surface area contributed by atoms with Gasteiger partial charge in [0.25, 0.3) is 5.91 Å². The minimum Gasteiger partial charge on any atom is -0.480 e. The standard InChI is InChI=1S/C12H11N5O3S/c18-10(8-5-15-17-1-2-21-11(8)17)16-9(12(19)20)3-7-4-13-6-14-7/h1-2,4-6,9H,3H2,(H,13,14)(H,16,18)(H,19,20)/t9-/m1/s1. The SMILES string of the molecule is O=C(N[C@H](Cc1cnc[nH]1)C(=O)O)c1cnn2ccsc12. The van der Waals surface area contributed by atoms with E-state index in [0.717, 1.165) is 0 Å². The third kappa shape index (κ3) is 2.63. The number of rotatable bonds is 5. The zero-order chi connectivity index (χ0) is 14.8. The molecule has 3 heterocycles. The molecule has 0 aliphatic rings. The van der Waals surface area contributed by atoms with Gasteiger partial charge in [-0.05, 0) is 0 Å². The highest BCUT2D eigenvalue weighted by atomic mass is 32.1. The summed E-state index contributed by atoms with van der Waals surface area (Å²) in [5.74, 6) is -1.56. The average Bonchev–Trinajstić information content (AvgIpc) is 3.14. The Kier molecular flexibility index (Phi) is 3.40. The largest absolute Gasteiger partial charge is 0.480 e. The molecule has 3 N–H and O–H groups in total. The molecule has 1 amide bonds. The highest BCUT2D eigenvalue weighted by molar-refractivity contribution is 7.15. The molecule has 0 bridgehead atoms. The quantitative estimate of drug-likeness (QED) is 0.637. The molecule has 0 saturated heterocycles. The van der Waals surface area contributed by atoms with Crippen LogP contribution in [0.3, 0.4) is 0 Å². The van der Waals surface area contributed by atoms with Gasteiger partial charge in [0, 0.05) is 29.9 Å². The van der Waals surface area contributed by atoms with Gasteiger partial charge in [-0.15, -0.1) is 11.3 Å². The minimum absolute atomic E-state index is 0.135. The number of carboxylic acid groups (broad SMARTS) is 1. The number of nitrogens with zero attached hydrogens (tertiary/aromatic N) is 3. The maximum Gasteiger partial charge on any atom is 0.326 e. The zero-order valence-electron chi connectivity index (χ0n) is 10.7. The summed E-state index contributed by atoms with van der Waals surface area (Å²) >= 11 is 1.37. The van der Waals surface area contributed by atoms with Gasteiger partial charge in [-0.3, -0.25) is 4.79 Å². The lowest BCUT2D eigenvalue weighted by atomic mass is 10.1. The van der Waals surface area contributed by atoms with E-state index in [1.54, 1.807) is 16.1 Å². The van der Waals surface area contributed by atoms with Gasteiger partial charge in [-0.25, -0.2) is 14.3 Å². The summed E-state index contributed by atoms with van der Waals surface area (Å²) in [4.78, 5) is 30.8. The zero-order valence-corrected chi connectivity index (χ0v) is 11.5. The van der Waals surface area contributed by atoms with Crippen molar-refractivity contribution in [1.29, 1.82) is 0 Å². The summed E-state index contributed by atoms with van der Waals surface area (Å²) in [6.07, 6.45) is 6.28. The number of aliphatic carboxylic acids is 1. The fourth-order valence-electron chi connectivity index (χ4n) is 1.94. The van der Waals surface area contributed by atoms with Crippen molar-refractivity contribution < 1.29 is 14.7 Å². The van der Waals surface area contributed by atoms with Crippen LogP contribution in [0.4, 0.5) is 0 Å². The van der Waals surface area contributed by atoms with Crippen LogP contribution in [-0.4, -0.2) is 42.6 Å². The number of imidazole rings is 1. The maximum atomic E-state index is 12.2. The number of fused-ring (bicyclic) bond motifs is 1. The Morgan fingerprint density at radius 2 is 2.33 bits per heavy atom. The normalized spacial score (nSPS) is 12.4. The predicted molar refractivity (Wildman–Crippen MR) is 74.3 cm³/mol. The van der Waals surface area contributed by atoms with E-state index in [0.29, 0.717) is 16.1 Å². The van der Waals surface area contributed by atoms with Gasteiger partial charge in [0.2, 0.25) is 0 Å². The number of nitrogens with one attached hydrogen (secondary N) is 2. The number of amides is 1. The van der Waals surface area contributed by atoms with Crippen LogP contribution in [0.1, 0.15) is 16.1 Å². The summed E-state index contributed by atoms with van der Waals surface area (Å²) in [6, 6.07) is -1.03. The number of aromatic amines is 1. The number of hydrogen-bond donors (Lipinski definition) is 3. The number of H-pyrrole nitrogens is 1. The van der Waals surface area contributed by atoms with Crippen molar-refractivity contribution in [2.24, 2.45) is 0 Å². The monoisotopic (exact) mass is 305 g/mol. The predicted octanol–water partition coefficient (Wildman–Crippen LogP) is 0.545. The van der Waals surface area contributed by atoms with Crippen LogP contribution in [0.5, 0.6) is 0 Å². The van der Waals surface area contributed by atoms with Crippen LogP contribution < -0.4 is 5.32 Å². The Balaban J connectivity index is 1.78. The van der Waals surface area contributed by atoms with Crippen LogP contribution >= 0.6 is 11.3 Å².